The van der Waals surface area contributed by atoms with Crippen molar-refractivity contribution in [1.29, 1.82) is 0 Å². The van der Waals surface area contributed by atoms with Crippen molar-refractivity contribution in [3.05, 3.63) is 35.9 Å². The Morgan fingerprint density at radius 3 is 2.45 bits per heavy atom. The molecule has 0 heterocycles. The molecule has 0 saturated heterocycles. The van der Waals surface area contributed by atoms with Gasteiger partial charge in [0.15, 0.2) is 0 Å². The molecule has 5 heteroatoms. The molecular formula is C17H24N2O3. The largest absolute Gasteiger partial charge is 0.467 e. The summed E-state index contributed by atoms with van der Waals surface area (Å²) in [5.74, 6) is -0.699. The third-order valence-electron chi connectivity index (χ3n) is 4.27. The maximum Gasteiger partial charge on any atom is 0.328 e. The van der Waals surface area contributed by atoms with Crippen molar-refractivity contribution in [2.45, 2.75) is 50.1 Å². The van der Waals surface area contributed by atoms with E-state index < -0.39 is 17.6 Å². The molecule has 5 nitrogen and oxygen atoms in total. The topological polar surface area (TPSA) is 81.4 Å². The second-order valence-corrected chi connectivity index (χ2v) is 5.96. The fourth-order valence-electron chi connectivity index (χ4n) is 2.90. The molecule has 2 rings (SSSR count). The zero-order valence-electron chi connectivity index (χ0n) is 13.0. The molecule has 0 aliphatic heterocycles. The average Bonchev–Trinajstić information content (AvgIpc) is 2.55. The molecule has 120 valence electrons. The van der Waals surface area contributed by atoms with Crippen molar-refractivity contribution in [1.82, 2.24) is 5.32 Å². The van der Waals surface area contributed by atoms with Crippen LogP contribution in [0.15, 0.2) is 30.3 Å². The van der Waals surface area contributed by atoms with Gasteiger partial charge in [0, 0.05) is 6.42 Å². The minimum Gasteiger partial charge on any atom is -0.467 e. The number of nitrogens with one attached hydrogen (secondary N) is 1. The number of benzene rings is 1. The van der Waals surface area contributed by atoms with Gasteiger partial charge in [-0.15, -0.1) is 0 Å². The summed E-state index contributed by atoms with van der Waals surface area (Å²) in [7, 11) is 1.32. The Hall–Kier alpha value is -1.88. The second-order valence-electron chi connectivity index (χ2n) is 5.96. The Kier molecular flexibility index (Phi) is 5.55. The fraction of sp³-hybridized carbons (Fsp3) is 0.529. The number of rotatable bonds is 5. The number of methoxy groups -OCH3 is 1. The van der Waals surface area contributed by atoms with Crippen LogP contribution in [0.2, 0.25) is 0 Å². The van der Waals surface area contributed by atoms with Gasteiger partial charge in [0.2, 0.25) is 5.91 Å². The maximum atomic E-state index is 12.5. The summed E-state index contributed by atoms with van der Waals surface area (Å²) in [5, 5.41) is 2.79. The summed E-state index contributed by atoms with van der Waals surface area (Å²) in [5.41, 5.74) is 6.33. The third-order valence-corrected chi connectivity index (χ3v) is 4.27. The van der Waals surface area contributed by atoms with Gasteiger partial charge in [0.25, 0.3) is 0 Å². The molecule has 1 fully saturated rings. The van der Waals surface area contributed by atoms with Gasteiger partial charge >= 0.3 is 5.97 Å². The van der Waals surface area contributed by atoms with E-state index in [9.17, 15) is 9.59 Å². The van der Waals surface area contributed by atoms with E-state index in [1.165, 1.54) is 7.11 Å². The first kappa shape index (κ1) is 16.5. The van der Waals surface area contributed by atoms with E-state index in [-0.39, 0.29) is 5.91 Å². The number of hydrogen-bond donors (Lipinski definition) is 2. The van der Waals surface area contributed by atoms with E-state index in [1.54, 1.807) is 0 Å². The number of nitrogens with two attached hydrogens (primary N) is 1. The molecule has 3 N–H and O–H groups in total. The monoisotopic (exact) mass is 304 g/mol. The summed E-state index contributed by atoms with van der Waals surface area (Å²) in [6.07, 6.45) is 4.74. The number of carbonyl (C=O) groups is 2. The molecule has 1 unspecified atom stereocenters. The lowest BCUT2D eigenvalue weighted by molar-refractivity contribution is -0.146. The van der Waals surface area contributed by atoms with E-state index in [2.05, 4.69) is 5.32 Å². The van der Waals surface area contributed by atoms with Crippen LogP contribution < -0.4 is 11.1 Å². The van der Waals surface area contributed by atoms with Crippen LogP contribution in [-0.4, -0.2) is 30.6 Å². The molecule has 0 spiro atoms. The van der Waals surface area contributed by atoms with Crippen molar-refractivity contribution in [3.63, 3.8) is 0 Å². The lowest BCUT2D eigenvalue weighted by Crippen LogP contribution is -2.58. The number of carbonyl (C=O) groups excluding carboxylic acids is 2. The smallest absolute Gasteiger partial charge is 0.328 e. The van der Waals surface area contributed by atoms with E-state index in [0.29, 0.717) is 19.3 Å². The first-order valence-corrected chi connectivity index (χ1v) is 7.77. The van der Waals surface area contributed by atoms with Gasteiger partial charge in [-0.3, -0.25) is 4.79 Å². The Morgan fingerprint density at radius 1 is 1.23 bits per heavy atom. The highest BCUT2D eigenvalue weighted by Gasteiger charge is 2.37. The van der Waals surface area contributed by atoms with Gasteiger partial charge < -0.3 is 15.8 Å². The third kappa shape index (κ3) is 4.07. The summed E-state index contributed by atoms with van der Waals surface area (Å²) >= 11 is 0. The quantitative estimate of drug-likeness (QED) is 0.809. The number of ether oxygens (including phenoxy) is 1. The van der Waals surface area contributed by atoms with Gasteiger partial charge in [0.05, 0.1) is 12.6 Å². The Morgan fingerprint density at radius 2 is 1.86 bits per heavy atom. The molecule has 1 atom stereocenters. The standard InChI is InChI=1S/C17H24N2O3/c1-22-15(20)14(12-13-8-4-2-5-9-13)19-16(21)17(18)10-6-3-7-11-17/h2,4-5,8-9,14H,3,6-7,10-12,18H2,1H3,(H,19,21). The predicted molar refractivity (Wildman–Crippen MR) is 84.1 cm³/mol. The van der Waals surface area contributed by atoms with Crippen LogP contribution in [0.3, 0.4) is 0 Å². The van der Waals surface area contributed by atoms with E-state index in [0.717, 1.165) is 24.8 Å². The molecule has 1 aliphatic rings. The summed E-state index contributed by atoms with van der Waals surface area (Å²) in [6, 6.07) is 8.84. The normalized spacial score (nSPS) is 18.3. The molecular weight excluding hydrogens is 280 g/mol. The van der Waals surface area contributed by atoms with Gasteiger partial charge in [-0.05, 0) is 18.4 Å². The van der Waals surface area contributed by atoms with Crippen LogP contribution in [0.4, 0.5) is 0 Å². The van der Waals surface area contributed by atoms with Crippen LogP contribution in [0.1, 0.15) is 37.7 Å². The highest BCUT2D eigenvalue weighted by molar-refractivity contribution is 5.90. The Labute approximate surface area is 131 Å². The molecule has 0 aromatic heterocycles. The first-order valence-electron chi connectivity index (χ1n) is 7.77. The molecule has 0 radical (unpaired) electrons. The minimum atomic E-state index is -0.860. The average molecular weight is 304 g/mol. The minimum absolute atomic E-state index is 0.251. The zero-order chi connectivity index (χ0) is 16.0. The maximum absolute atomic E-state index is 12.5. The second kappa shape index (κ2) is 7.40. The van der Waals surface area contributed by atoms with E-state index in [1.807, 2.05) is 30.3 Å². The summed E-state index contributed by atoms with van der Waals surface area (Å²) in [4.78, 5) is 24.5. The number of hydrogen-bond acceptors (Lipinski definition) is 4. The molecule has 1 amide bonds. The first-order chi connectivity index (χ1) is 10.5. The van der Waals surface area contributed by atoms with Crippen molar-refractivity contribution in [2.75, 3.05) is 7.11 Å². The predicted octanol–water partition coefficient (Wildman–Crippen LogP) is 1.55. The SMILES string of the molecule is COC(=O)C(Cc1ccccc1)NC(=O)C1(N)CCCCC1. The van der Waals surface area contributed by atoms with Crippen LogP contribution in [0.5, 0.6) is 0 Å². The summed E-state index contributed by atoms with van der Waals surface area (Å²) in [6.45, 7) is 0. The fourth-order valence-corrected chi connectivity index (χ4v) is 2.90. The van der Waals surface area contributed by atoms with Crippen LogP contribution in [-0.2, 0) is 20.7 Å². The molecule has 0 bridgehead atoms. The van der Waals surface area contributed by atoms with Crippen LogP contribution >= 0.6 is 0 Å². The molecule has 1 aromatic carbocycles. The van der Waals surface area contributed by atoms with Gasteiger partial charge in [-0.1, -0.05) is 49.6 Å². The molecule has 1 saturated carbocycles. The van der Waals surface area contributed by atoms with Crippen LogP contribution in [0.25, 0.3) is 0 Å². The lowest BCUT2D eigenvalue weighted by Gasteiger charge is -2.33. The number of amides is 1. The molecule has 22 heavy (non-hydrogen) atoms. The van der Waals surface area contributed by atoms with Crippen molar-refractivity contribution >= 4 is 11.9 Å². The summed E-state index contributed by atoms with van der Waals surface area (Å²) < 4.78 is 4.81. The Balaban J connectivity index is 2.06. The number of esters is 1. The highest BCUT2D eigenvalue weighted by atomic mass is 16.5. The lowest BCUT2D eigenvalue weighted by atomic mass is 9.81. The zero-order valence-corrected chi connectivity index (χ0v) is 13.0. The Bertz CT molecular complexity index is 510. The highest BCUT2D eigenvalue weighted by Crippen LogP contribution is 2.26. The molecule has 1 aliphatic carbocycles. The van der Waals surface area contributed by atoms with Gasteiger partial charge in [-0.2, -0.15) is 0 Å². The van der Waals surface area contributed by atoms with Gasteiger partial charge in [0.1, 0.15) is 6.04 Å². The van der Waals surface area contributed by atoms with E-state index >= 15 is 0 Å². The van der Waals surface area contributed by atoms with Crippen LogP contribution in [0, 0.1) is 0 Å². The van der Waals surface area contributed by atoms with Crippen molar-refractivity contribution in [3.8, 4) is 0 Å². The van der Waals surface area contributed by atoms with Crippen molar-refractivity contribution < 1.29 is 14.3 Å². The van der Waals surface area contributed by atoms with Gasteiger partial charge in [-0.25, -0.2) is 4.79 Å². The van der Waals surface area contributed by atoms with E-state index in [4.69, 9.17) is 10.5 Å². The van der Waals surface area contributed by atoms with Crippen molar-refractivity contribution in [2.24, 2.45) is 5.73 Å². The molecule has 1 aromatic rings.